The molecule has 92 valence electrons. The monoisotopic (exact) mass is 262 g/mol. The molecule has 5 nitrogen and oxygen atoms in total. The highest BCUT2D eigenvalue weighted by Gasteiger charge is 2.18. The summed E-state index contributed by atoms with van der Waals surface area (Å²) in [5.41, 5.74) is 8.28. The summed E-state index contributed by atoms with van der Waals surface area (Å²) in [5.74, 6) is 0.912. The minimum Gasteiger partial charge on any atom is -0.383 e. The van der Waals surface area contributed by atoms with E-state index in [2.05, 4.69) is 15.0 Å². The first-order chi connectivity index (χ1) is 8.75. The Bertz CT molecular complexity index is 603. The Labute approximate surface area is 109 Å². The molecule has 1 aliphatic heterocycles. The smallest absolute Gasteiger partial charge is 0.181 e. The lowest BCUT2D eigenvalue weighted by atomic mass is 10.1. The van der Waals surface area contributed by atoms with Gasteiger partial charge in [0.05, 0.1) is 23.9 Å². The lowest BCUT2D eigenvalue weighted by Crippen LogP contribution is -2.16. The average molecular weight is 263 g/mol. The average Bonchev–Trinajstić information content (AvgIpc) is 2.39. The first-order valence-electron chi connectivity index (χ1n) is 5.59. The van der Waals surface area contributed by atoms with Crippen molar-refractivity contribution < 1.29 is 4.74 Å². The van der Waals surface area contributed by atoms with Crippen LogP contribution in [-0.4, -0.2) is 21.6 Å². The van der Waals surface area contributed by atoms with Gasteiger partial charge in [-0.25, -0.2) is 9.97 Å². The Hall–Kier alpha value is -1.72. The third-order valence-electron chi connectivity index (χ3n) is 2.82. The molecule has 3 heterocycles. The quantitative estimate of drug-likeness (QED) is 0.849. The van der Waals surface area contributed by atoms with Gasteiger partial charge in [-0.1, -0.05) is 11.6 Å². The molecular weight excluding hydrogens is 252 g/mol. The second-order valence-corrected chi connectivity index (χ2v) is 4.40. The van der Waals surface area contributed by atoms with Crippen LogP contribution in [0.2, 0.25) is 5.02 Å². The molecule has 3 rings (SSSR count). The first-order valence-corrected chi connectivity index (χ1v) is 5.97. The van der Waals surface area contributed by atoms with Crippen molar-refractivity contribution in [2.75, 3.05) is 12.3 Å². The normalized spacial score (nSPS) is 14.3. The Kier molecular flexibility index (Phi) is 2.85. The van der Waals surface area contributed by atoms with Gasteiger partial charge in [0.25, 0.3) is 0 Å². The predicted octanol–water partition coefficient (Wildman–Crippen LogP) is 1.85. The predicted molar refractivity (Wildman–Crippen MR) is 68.0 cm³/mol. The highest BCUT2D eigenvalue weighted by molar-refractivity contribution is 6.32. The van der Waals surface area contributed by atoms with Gasteiger partial charge in [-0.2, -0.15) is 0 Å². The topological polar surface area (TPSA) is 73.9 Å². The molecule has 6 heteroatoms. The number of pyridine rings is 1. The second kappa shape index (κ2) is 4.51. The van der Waals surface area contributed by atoms with Crippen molar-refractivity contribution in [3.8, 4) is 11.5 Å². The number of halogens is 1. The Balaban J connectivity index is 2.14. The van der Waals surface area contributed by atoms with Crippen LogP contribution in [0.5, 0.6) is 0 Å². The molecule has 0 spiro atoms. The molecule has 0 saturated heterocycles. The number of nitrogens with zero attached hydrogens (tertiary/aromatic N) is 3. The van der Waals surface area contributed by atoms with Crippen molar-refractivity contribution >= 4 is 17.4 Å². The van der Waals surface area contributed by atoms with Gasteiger partial charge >= 0.3 is 0 Å². The van der Waals surface area contributed by atoms with Crippen molar-refractivity contribution in [3.63, 3.8) is 0 Å². The van der Waals surface area contributed by atoms with Crippen molar-refractivity contribution in [1.29, 1.82) is 0 Å². The van der Waals surface area contributed by atoms with E-state index in [1.807, 2.05) is 0 Å². The second-order valence-electron chi connectivity index (χ2n) is 3.99. The number of ether oxygens (including phenoxy) is 1. The molecule has 2 aromatic rings. The summed E-state index contributed by atoms with van der Waals surface area (Å²) in [6, 6.07) is 3.52. The van der Waals surface area contributed by atoms with E-state index in [0.717, 1.165) is 17.7 Å². The van der Waals surface area contributed by atoms with Crippen molar-refractivity contribution in [2.45, 2.75) is 13.0 Å². The number of fused-ring (bicyclic) bond motifs is 1. The molecular formula is C12H11ClN4O. The summed E-state index contributed by atoms with van der Waals surface area (Å²) in [7, 11) is 0. The Morgan fingerprint density at radius 1 is 1.33 bits per heavy atom. The summed E-state index contributed by atoms with van der Waals surface area (Å²) in [6.45, 7) is 1.12. The van der Waals surface area contributed by atoms with Crippen molar-refractivity contribution in [1.82, 2.24) is 15.0 Å². The fourth-order valence-electron chi connectivity index (χ4n) is 1.91. The number of hydrogen-bond donors (Lipinski definition) is 1. The maximum atomic E-state index is 6.09. The van der Waals surface area contributed by atoms with Crippen molar-refractivity contribution in [2.24, 2.45) is 0 Å². The molecule has 0 bridgehead atoms. The number of nitrogen functional groups attached to an aromatic ring is 1. The number of hydrogen-bond acceptors (Lipinski definition) is 5. The van der Waals surface area contributed by atoms with E-state index >= 15 is 0 Å². The molecule has 0 amide bonds. The highest BCUT2D eigenvalue weighted by Crippen LogP contribution is 2.26. The van der Waals surface area contributed by atoms with Gasteiger partial charge in [0.15, 0.2) is 5.82 Å². The minimum atomic E-state index is 0.441. The first kappa shape index (κ1) is 11.4. The lowest BCUT2D eigenvalue weighted by Gasteiger charge is -2.17. The van der Waals surface area contributed by atoms with Gasteiger partial charge in [0.1, 0.15) is 11.5 Å². The summed E-state index contributed by atoms with van der Waals surface area (Å²) in [4.78, 5) is 12.9. The van der Waals surface area contributed by atoms with E-state index in [-0.39, 0.29) is 0 Å². The molecule has 0 aromatic carbocycles. The SMILES string of the molecule is Nc1nc(-c2ncccc2Cl)nc2c1COCC2. The van der Waals surface area contributed by atoms with E-state index in [0.29, 0.717) is 35.6 Å². The highest BCUT2D eigenvalue weighted by atomic mass is 35.5. The maximum absolute atomic E-state index is 6.09. The number of rotatable bonds is 1. The summed E-state index contributed by atoms with van der Waals surface area (Å²) in [6.07, 6.45) is 2.39. The van der Waals surface area contributed by atoms with Gasteiger partial charge in [-0.3, -0.25) is 4.98 Å². The fraction of sp³-hybridized carbons (Fsp3) is 0.250. The third kappa shape index (κ3) is 1.91. The molecule has 0 fully saturated rings. The number of aromatic nitrogens is 3. The molecule has 0 radical (unpaired) electrons. The van der Waals surface area contributed by atoms with Crippen LogP contribution < -0.4 is 5.73 Å². The van der Waals surface area contributed by atoms with E-state index in [4.69, 9.17) is 22.1 Å². The molecule has 0 unspecified atom stereocenters. The zero-order valence-electron chi connectivity index (χ0n) is 9.56. The zero-order chi connectivity index (χ0) is 12.5. The van der Waals surface area contributed by atoms with Crippen LogP contribution in [0.25, 0.3) is 11.5 Å². The number of nitrogens with two attached hydrogens (primary N) is 1. The largest absolute Gasteiger partial charge is 0.383 e. The molecule has 18 heavy (non-hydrogen) atoms. The van der Waals surface area contributed by atoms with Crippen LogP contribution in [-0.2, 0) is 17.8 Å². The fourth-order valence-corrected chi connectivity index (χ4v) is 2.12. The third-order valence-corrected chi connectivity index (χ3v) is 3.13. The van der Waals surface area contributed by atoms with Crippen LogP contribution in [0.4, 0.5) is 5.82 Å². The lowest BCUT2D eigenvalue weighted by molar-refractivity contribution is 0.109. The standard InChI is InChI=1S/C12H11ClN4O/c13-8-2-1-4-15-10(8)12-16-9-3-5-18-6-7(9)11(14)17-12/h1-2,4H,3,5-6H2,(H2,14,16,17). The van der Waals surface area contributed by atoms with E-state index in [1.165, 1.54) is 0 Å². The van der Waals surface area contributed by atoms with Crippen LogP contribution >= 0.6 is 11.6 Å². The zero-order valence-corrected chi connectivity index (χ0v) is 10.3. The molecule has 2 N–H and O–H groups in total. The van der Waals surface area contributed by atoms with Gasteiger partial charge in [-0.05, 0) is 12.1 Å². The molecule has 1 aliphatic rings. The van der Waals surface area contributed by atoms with Gasteiger partial charge < -0.3 is 10.5 Å². The maximum Gasteiger partial charge on any atom is 0.181 e. The van der Waals surface area contributed by atoms with Crippen LogP contribution in [0, 0.1) is 0 Å². The van der Waals surface area contributed by atoms with Crippen LogP contribution in [0.3, 0.4) is 0 Å². The molecule has 0 aliphatic carbocycles. The van der Waals surface area contributed by atoms with Crippen LogP contribution in [0.15, 0.2) is 18.3 Å². The van der Waals surface area contributed by atoms with E-state index in [1.54, 1.807) is 18.3 Å². The van der Waals surface area contributed by atoms with Crippen LogP contribution in [0.1, 0.15) is 11.3 Å². The Morgan fingerprint density at radius 3 is 3.06 bits per heavy atom. The molecule has 0 saturated carbocycles. The molecule has 2 aromatic heterocycles. The van der Waals surface area contributed by atoms with Gasteiger partial charge in [0.2, 0.25) is 0 Å². The minimum absolute atomic E-state index is 0.441. The number of anilines is 1. The van der Waals surface area contributed by atoms with Gasteiger partial charge in [0, 0.05) is 18.2 Å². The van der Waals surface area contributed by atoms with E-state index in [9.17, 15) is 0 Å². The summed E-state index contributed by atoms with van der Waals surface area (Å²) < 4.78 is 5.34. The van der Waals surface area contributed by atoms with E-state index < -0.39 is 0 Å². The van der Waals surface area contributed by atoms with Gasteiger partial charge in [-0.15, -0.1) is 0 Å². The molecule has 0 atom stereocenters. The summed E-state index contributed by atoms with van der Waals surface area (Å²) in [5, 5.41) is 0.518. The Morgan fingerprint density at radius 2 is 2.22 bits per heavy atom. The van der Waals surface area contributed by atoms with Crippen molar-refractivity contribution in [3.05, 3.63) is 34.6 Å². The summed E-state index contributed by atoms with van der Waals surface area (Å²) >= 11 is 6.09.